The molecule has 1 amide bonds. The van der Waals surface area contributed by atoms with Gasteiger partial charge in [-0.25, -0.2) is 4.79 Å². The Bertz CT molecular complexity index is 803. The van der Waals surface area contributed by atoms with Gasteiger partial charge >= 0.3 is 5.97 Å². The van der Waals surface area contributed by atoms with Crippen LogP contribution in [0.15, 0.2) is 36.4 Å². The number of benzene rings is 2. The number of carboxylic acid groups (broad SMARTS) is 1. The molecule has 0 radical (unpaired) electrons. The number of carbonyl (C=O) groups excluding carboxylic acids is 1. The lowest BCUT2D eigenvalue weighted by atomic mass is 10.1. The van der Waals surface area contributed by atoms with Gasteiger partial charge in [0.05, 0.1) is 21.3 Å². The van der Waals surface area contributed by atoms with E-state index in [-0.39, 0.29) is 23.6 Å². The van der Waals surface area contributed by atoms with E-state index < -0.39 is 5.97 Å². The third-order valence-corrected chi connectivity index (χ3v) is 3.80. The molecule has 0 bridgehead atoms. The minimum absolute atomic E-state index is 0.0378. The van der Waals surface area contributed by atoms with Crippen LogP contribution in [0.1, 0.15) is 22.3 Å². The number of rotatable bonds is 8. The highest BCUT2D eigenvalue weighted by Gasteiger charge is 2.13. The molecule has 0 saturated heterocycles. The lowest BCUT2D eigenvalue weighted by Gasteiger charge is -2.11. The molecule has 0 atom stereocenters. The summed E-state index contributed by atoms with van der Waals surface area (Å²) in [6.07, 6.45) is 0.787. The van der Waals surface area contributed by atoms with E-state index in [1.807, 2.05) is 12.1 Å². The van der Waals surface area contributed by atoms with Gasteiger partial charge in [0.2, 0.25) is 5.91 Å². The number of hydrogen-bond donors (Lipinski definition) is 2. The Labute approximate surface area is 151 Å². The van der Waals surface area contributed by atoms with Crippen LogP contribution in [0.5, 0.6) is 17.2 Å². The van der Waals surface area contributed by atoms with Gasteiger partial charge in [-0.2, -0.15) is 0 Å². The largest absolute Gasteiger partial charge is 0.496 e. The van der Waals surface area contributed by atoms with Crippen LogP contribution in [-0.2, 0) is 11.2 Å². The van der Waals surface area contributed by atoms with Crippen LogP contribution in [0.4, 0.5) is 5.69 Å². The first kappa shape index (κ1) is 19.1. The maximum atomic E-state index is 12.2. The zero-order chi connectivity index (χ0) is 19.1. The summed E-state index contributed by atoms with van der Waals surface area (Å²) in [7, 11) is 4.50. The van der Waals surface area contributed by atoms with Crippen molar-refractivity contribution in [3.05, 3.63) is 47.5 Å². The standard InChI is InChI=1S/C19H21NO6/c1-24-15-8-4-12(10-17(15)26-3)5-9-18(21)20-13-6-7-14(19(22)23)16(11-13)25-2/h4,6-8,10-11H,5,9H2,1-3H3,(H,20,21)(H,22,23). The van der Waals surface area contributed by atoms with Crippen LogP contribution in [0, 0.1) is 0 Å². The van der Waals surface area contributed by atoms with E-state index in [1.165, 1.54) is 25.3 Å². The number of carboxylic acids is 1. The van der Waals surface area contributed by atoms with Crippen molar-refractivity contribution in [1.29, 1.82) is 0 Å². The molecule has 2 rings (SSSR count). The minimum atomic E-state index is -1.09. The van der Waals surface area contributed by atoms with Crippen LogP contribution in [-0.4, -0.2) is 38.3 Å². The third kappa shape index (κ3) is 4.66. The molecule has 0 aromatic heterocycles. The molecule has 7 heteroatoms. The summed E-state index contributed by atoms with van der Waals surface area (Å²) in [6.45, 7) is 0. The fourth-order valence-corrected chi connectivity index (χ4v) is 2.46. The zero-order valence-electron chi connectivity index (χ0n) is 14.9. The van der Waals surface area contributed by atoms with Gasteiger partial charge in [0.25, 0.3) is 0 Å². The first-order valence-corrected chi connectivity index (χ1v) is 7.90. The molecule has 0 fully saturated rings. The number of amides is 1. The fourth-order valence-electron chi connectivity index (χ4n) is 2.46. The van der Waals surface area contributed by atoms with E-state index in [0.717, 1.165) is 5.56 Å². The highest BCUT2D eigenvalue weighted by Crippen LogP contribution is 2.28. The maximum Gasteiger partial charge on any atom is 0.339 e. The molecule has 7 nitrogen and oxygen atoms in total. The zero-order valence-corrected chi connectivity index (χ0v) is 14.9. The average molecular weight is 359 g/mol. The van der Waals surface area contributed by atoms with Crippen LogP contribution < -0.4 is 19.5 Å². The first-order chi connectivity index (χ1) is 12.5. The molecule has 0 aliphatic heterocycles. The minimum Gasteiger partial charge on any atom is -0.496 e. The molecule has 0 aliphatic carbocycles. The van der Waals surface area contributed by atoms with E-state index in [2.05, 4.69) is 5.32 Å². The Balaban J connectivity index is 2.00. The molecule has 0 saturated carbocycles. The summed E-state index contributed by atoms with van der Waals surface area (Å²) in [5, 5.41) is 11.8. The lowest BCUT2D eigenvalue weighted by Crippen LogP contribution is -2.13. The second kappa shape index (κ2) is 8.75. The molecule has 2 N–H and O–H groups in total. The van der Waals surface area contributed by atoms with Gasteiger partial charge in [0.15, 0.2) is 11.5 Å². The Morgan fingerprint density at radius 2 is 1.62 bits per heavy atom. The Kier molecular flexibility index (Phi) is 6.43. The van der Waals surface area contributed by atoms with E-state index in [4.69, 9.17) is 19.3 Å². The van der Waals surface area contributed by atoms with Crippen molar-refractivity contribution >= 4 is 17.6 Å². The molecule has 26 heavy (non-hydrogen) atoms. The van der Waals surface area contributed by atoms with Gasteiger partial charge in [0.1, 0.15) is 11.3 Å². The third-order valence-electron chi connectivity index (χ3n) is 3.80. The van der Waals surface area contributed by atoms with Gasteiger partial charge in [0, 0.05) is 18.2 Å². The number of anilines is 1. The number of aryl methyl sites for hydroxylation is 1. The molecular weight excluding hydrogens is 338 g/mol. The van der Waals surface area contributed by atoms with Crippen molar-refractivity contribution in [1.82, 2.24) is 0 Å². The van der Waals surface area contributed by atoms with E-state index in [1.54, 1.807) is 20.3 Å². The highest BCUT2D eigenvalue weighted by atomic mass is 16.5. The Hall–Kier alpha value is -3.22. The van der Waals surface area contributed by atoms with Crippen LogP contribution in [0.3, 0.4) is 0 Å². The van der Waals surface area contributed by atoms with E-state index in [0.29, 0.717) is 23.6 Å². The Morgan fingerprint density at radius 1 is 0.923 bits per heavy atom. The summed E-state index contributed by atoms with van der Waals surface area (Å²) in [5.74, 6) is 0.152. The van der Waals surface area contributed by atoms with Crippen LogP contribution in [0.25, 0.3) is 0 Å². The summed E-state index contributed by atoms with van der Waals surface area (Å²) in [4.78, 5) is 23.2. The average Bonchev–Trinajstić information content (AvgIpc) is 2.65. The van der Waals surface area contributed by atoms with Gasteiger partial charge in [-0.15, -0.1) is 0 Å². The highest BCUT2D eigenvalue weighted by molar-refractivity contribution is 5.94. The summed E-state index contributed by atoms with van der Waals surface area (Å²) in [5.41, 5.74) is 1.46. The molecule has 2 aromatic carbocycles. The van der Waals surface area contributed by atoms with Gasteiger partial charge in [-0.3, -0.25) is 4.79 Å². The van der Waals surface area contributed by atoms with Crippen molar-refractivity contribution in [2.45, 2.75) is 12.8 Å². The van der Waals surface area contributed by atoms with Crippen molar-refractivity contribution < 1.29 is 28.9 Å². The Morgan fingerprint density at radius 3 is 2.23 bits per heavy atom. The second-order valence-corrected chi connectivity index (χ2v) is 5.46. The van der Waals surface area contributed by atoms with Crippen LogP contribution in [0.2, 0.25) is 0 Å². The monoisotopic (exact) mass is 359 g/mol. The molecule has 138 valence electrons. The molecule has 0 unspecified atom stereocenters. The number of nitrogens with one attached hydrogen (secondary N) is 1. The van der Waals surface area contributed by atoms with E-state index >= 15 is 0 Å². The second-order valence-electron chi connectivity index (χ2n) is 5.46. The SMILES string of the molecule is COc1ccc(CCC(=O)Nc2ccc(C(=O)O)c(OC)c2)cc1OC. The predicted molar refractivity (Wildman–Crippen MR) is 96.5 cm³/mol. The van der Waals surface area contributed by atoms with Gasteiger partial charge < -0.3 is 24.6 Å². The molecule has 0 aliphatic rings. The number of methoxy groups -OCH3 is 3. The summed E-state index contributed by atoms with van der Waals surface area (Å²) < 4.78 is 15.5. The van der Waals surface area contributed by atoms with Crippen molar-refractivity contribution in [3.8, 4) is 17.2 Å². The fraction of sp³-hybridized carbons (Fsp3) is 0.263. The molecular formula is C19H21NO6. The predicted octanol–water partition coefficient (Wildman–Crippen LogP) is 2.98. The summed E-state index contributed by atoms with van der Waals surface area (Å²) >= 11 is 0. The quantitative estimate of drug-likeness (QED) is 0.752. The lowest BCUT2D eigenvalue weighted by molar-refractivity contribution is -0.116. The maximum absolute atomic E-state index is 12.2. The number of hydrogen-bond acceptors (Lipinski definition) is 5. The summed E-state index contributed by atoms with van der Waals surface area (Å²) in [6, 6.07) is 9.90. The number of carbonyl (C=O) groups is 2. The van der Waals surface area contributed by atoms with Crippen LogP contribution >= 0.6 is 0 Å². The molecule has 0 heterocycles. The van der Waals surface area contributed by atoms with Crippen molar-refractivity contribution in [2.75, 3.05) is 26.6 Å². The topological polar surface area (TPSA) is 94.1 Å². The normalized spacial score (nSPS) is 10.1. The van der Waals surface area contributed by atoms with E-state index in [9.17, 15) is 9.59 Å². The number of aromatic carboxylic acids is 1. The molecule has 0 spiro atoms. The molecule has 2 aromatic rings. The van der Waals surface area contributed by atoms with Crippen molar-refractivity contribution in [3.63, 3.8) is 0 Å². The smallest absolute Gasteiger partial charge is 0.339 e. The van der Waals surface area contributed by atoms with Gasteiger partial charge in [-0.05, 0) is 36.2 Å². The first-order valence-electron chi connectivity index (χ1n) is 7.90. The van der Waals surface area contributed by atoms with Crippen molar-refractivity contribution in [2.24, 2.45) is 0 Å². The number of ether oxygens (including phenoxy) is 3. The van der Waals surface area contributed by atoms with Gasteiger partial charge in [-0.1, -0.05) is 6.07 Å².